The lowest BCUT2D eigenvalue weighted by atomic mass is 10.0. The van der Waals surface area contributed by atoms with Gasteiger partial charge in [0.25, 0.3) is 0 Å². The lowest BCUT2D eigenvalue weighted by Gasteiger charge is -1.98. The Labute approximate surface area is 117 Å². The van der Waals surface area contributed by atoms with Crippen molar-refractivity contribution in [1.29, 1.82) is 0 Å². The van der Waals surface area contributed by atoms with Crippen LogP contribution in [-0.2, 0) is 12.8 Å². The Balaban J connectivity index is 2.15. The highest BCUT2D eigenvalue weighted by molar-refractivity contribution is 6.15. The molecule has 20 heavy (non-hydrogen) atoms. The first-order chi connectivity index (χ1) is 9.74. The van der Waals surface area contributed by atoms with Crippen LogP contribution in [0.15, 0.2) is 45.2 Å². The smallest absolute Gasteiger partial charge is 0.232 e. The van der Waals surface area contributed by atoms with Gasteiger partial charge in [0.1, 0.15) is 17.1 Å². The van der Waals surface area contributed by atoms with Gasteiger partial charge in [-0.3, -0.25) is 4.79 Å². The van der Waals surface area contributed by atoms with Crippen LogP contribution in [0.2, 0.25) is 0 Å². The predicted octanol–water partition coefficient (Wildman–Crippen LogP) is 4.38. The molecule has 1 aromatic carbocycles. The van der Waals surface area contributed by atoms with E-state index in [4.69, 9.17) is 8.83 Å². The summed E-state index contributed by atoms with van der Waals surface area (Å²) < 4.78 is 11.3. The molecule has 0 aliphatic rings. The highest BCUT2D eigenvalue weighted by atomic mass is 16.4. The number of hydrogen-bond donors (Lipinski definition) is 0. The van der Waals surface area contributed by atoms with Gasteiger partial charge in [0.15, 0.2) is 5.76 Å². The SMILES string of the molecule is CCc1ccc(C(=O)c2c(CC)oc3ccccc23)o1. The van der Waals surface area contributed by atoms with Crippen molar-refractivity contribution in [3.05, 3.63) is 59.2 Å². The monoisotopic (exact) mass is 268 g/mol. The van der Waals surface area contributed by atoms with Crippen LogP contribution in [0.1, 0.15) is 41.5 Å². The van der Waals surface area contributed by atoms with Crippen LogP contribution in [0.4, 0.5) is 0 Å². The summed E-state index contributed by atoms with van der Waals surface area (Å²) in [6.45, 7) is 3.98. The lowest BCUT2D eigenvalue weighted by Crippen LogP contribution is -2.02. The molecule has 2 aromatic heterocycles. The third kappa shape index (κ3) is 1.95. The first-order valence-electron chi connectivity index (χ1n) is 6.88. The molecule has 0 radical (unpaired) electrons. The van der Waals surface area contributed by atoms with E-state index in [1.165, 1.54) is 0 Å². The standard InChI is InChI=1S/C17H16O3/c1-3-11-9-10-15(19-11)17(18)16-12-7-5-6-8-14(12)20-13(16)4-2/h5-10H,3-4H2,1-2H3. The van der Waals surface area contributed by atoms with E-state index < -0.39 is 0 Å². The van der Waals surface area contributed by atoms with Gasteiger partial charge in [0.05, 0.1) is 5.56 Å². The lowest BCUT2D eigenvalue weighted by molar-refractivity contribution is 0.101. The maximum atomic E-state index is 12.7. The summed E-state index contributed by atoms with van der Waals surface area (Å²) >= 11 is 0. The molecule has 102 valence electrons. The van der Waals surface area contributed by atoms with Crippen LogP contribution in [0.25, 0.3) is 11.0 Å². The molecule has 0 atom stereocenters. The fourth-order valence-electron chi connectivity index (χ4n) is 2.41. The van der Waals surface area contributed by atoms with E-state index in [9.17, 15) is 4.79 Å². The number of carbonyl (C=O) groups excluding carboxylic acids is 1. The molecule has 3 nitrogen and oxygen atoms in total. The van der Waals surface area contributed by atoms with Gasteiger partial charge in [0.2, 0.25) is 5.78 Å². The zero-order valence-corrected chi connectivity index (χ0v) is 11.6. The highest BCUT2D eigenvalue weighted by Crippen LogP contribution is 2.29. The predicted molar refractivity (Wildman–Crippen MR) is 77.1 cm³/mol. The number of ketones is 1. The van der Waals surface area contributed by atoms with Crippen molar-refractivity contribution < 1.29 is 13.6 Å². The molecule has 0 amide bonds. The largest absolute Gasteiger partial charge is 0.460 e. The summed E-state index contributed by atoms with van der Waals surface area (Å²) in [5.74, 6) is 1.81. The maximum Gasteiger partial charge on any atom is 0.232 e. The molecule has 0 fully saturated rings. The fourth-order valence-corrected chi connectivity index (χ4v) is 2.41. The van der Waals surface area contributed by atoms with Crippen LogP contribution < -0.4 is 0 Å². The number of rotatable bonds is 4. The van der Waals surface area contributed by atoms with Gasteiger partial charge in [-0.15, -0.1) is 0 Å². The molecule has 0 aliphatic heterocycles. The molecule has 0 saturated carbocycles. The Bertz CT molecular complexity index is 761. The second-order valence-corrected chi connectivity index (χ2v) is 4.70. The summed E-state index contributed by atoms with van der Waals surface area (Å²) in [6, 6.07) is 11.2. The summed E-state index contributed by atoms with van der Waals surface area (Å²) in [6.07, 6.45) is 1.46. The van der Waals surface area contributed by atoms with Gasteiger partial charge in [-0.05, 0) is 18.2 Å². The van der Waals surface area contributed by atoms with Crippen LogP contribution >= 0.6 is 0 Å². The van der Waals surface area contributed by atoms with E-state index in [1.807, 2.05) is 44.2 Å². The number of carbonyl (C=O) groups is 1. The van der Waals surface area contributed by atoms with Crippen LogP contribution in [0.5, 0.6) is 0 Å². The topological polar surface area (TPSA) is 43.4 Å². The van der Waals surface area contributed by atoms with E-state index in [0.717, 1.165) is 23.2 Å². The Kier molecular flexibility index (Phi) is 3.18. The number of fused-ring (bicyclic) bond motifs is 1. The first-order valence-corrected chi connectivity index (χ1v) is 6.88. The van der Waals surface area contributed by atoms with Gasteiger partial charge in [-0.1, -0.05) is 32.0 Å². The average molecular weight is 268 g/mol. The van der Waals surface area contributed by atoms with Crippen molar-refractivity contribution in [1.82, 2.24) is 0 Å². The van der Waals surface area contributed by atoms with Crippen LogP contribution in [0, 0.1) is 0 Å². The van der Waals surface area contributed by atoms with Gasteiger partial charge < -0.3 is 8.83 Å². The van der Waals surface area contributed by atoms with Gasteiger partial charge in [-0.2, -0.15) is 0 Å². The maximum absolute atomic E-state index is 12.7. The Morgan fingerprint density at radius 2 is 1.80 bits per heavy atom. The van der Waals surface area contributed by atoms with E-state index in [0.29, 0.717) is 23.5 Å². The Morgan fingerprint density at radius 3 is 2.50 bits per heavy atom. The van der Waals surface area contributed by atoms with Crippen molar-refractivity contribution in [2.75, 3.05) is 0 Å². The van der Waals surface area contributed by atoms with E-state index in [2.05, 4.69) is 0 Å². The van der Waals surface area contributed by atoms with Crippen molar-refractivity contribution in [3.8, 4) is 0 Å². The zero-order valence-electron chi connectivity index (χ0n) is 11.6. The zero-order chi connectivity index (χ0) is 14.1. The Hall–Kier alpha value is -2.29. The molecule has 3 rings (SSSR count). The van der Waals surface area contributed by atoms with Crippen LogP contribution in [-0.4, -0.2) is 5.78 Å². The normalized spacial score (nSPS) is 11.1. The first kappa shape index (κ1) is 12.7. The van der Waals surface area contributed by atoms with E-state index in [1.54, 1.807) is 6.07 Å². The second kappa shape index (κ2) is 5.00. The summed E-state index contributed by atoms with van der Waals surface area (Å²) in [4.78, 5) is 12.7. The minimum Gasteiger partial charge on any atom is -0.460 e. The van der Waals surface area contributed by atoms with Crippen molar-refractivity contribution in [2.45, 2.75) is 26.7 Å². The van der Waals surface area contributed by atoms with Gasteiger partial charge in [-0.25, -0.2) is 0 Å². The van der Waals surface area contributed by atoms with Crippen molar-refractivity contribution in [2.24, 2.45) is 0 Å². The number of benzene rings is 1. The fraction of sp³-hybridized carbons (Fsp3) is 0.235. The molecule has 0 aliphatic carbocycles. The quantitative estimate of drug-likeness (QED) is 0.659. The number of aryl methyl sites for hydroxylation is 2. The molecule has 3 aromatic rings. The number of hydrogen-bond acceptors (Lipinski definition) is 3. The highest BCUT2D eigenvalue weighted by Gasteiger charge is 2.23. The molecule has 0 N–H and O–H groups in total. The molecule has 0 bridgehead atoms. The molecular formula is C17H16O3. The second-order valence-electron chi connectivity index (χ2n) is 4.70. The number of furan rings is 2. The van der Waals surface area contributed by atoms with E-state index in [-0.39, 0.29) is 5.78 Å². The summed E-state index contributed by atoms with van der Waals surface area (Å²) in [5, 5.41) is 0.851. The third-order valence-corrected chi connectivity index (χ3v) is 3.45. The minimum absolute atomic E-state index is 0.105. The summed E-state index contributed by atoms with van der Waals surface area (Å²) in [5.41, 5.74) is 1.37. The molecule has 3 heteroatoms. The van der Waals surface area contributed by atoms with Gasteiger partial charge >= 0.3 is 0 Å². The van der Waals surface area contributed by atoms with Crippen molar-refractivity contribution >= 4 is 16.8 Å². The molecular weight excluding hydrogens is 252 g/mol. The Morgan fingerprint density at radius 1 is 1.00 bits per heavy atom. The van der Waals surface area contributed by atoms with Gasteiger partial charge in [0, 0.05) is 18.2 Å². The van der Waals surface area contributed by atoms with Crippen molar-refractivity contribution in [3.63, 3.8) is 0 Å². The average Bonchev–Trinajstić information content (AvgIpc) is 3.10. The summed E-state index contributed by atoms with van der Waals surface area (Å²) in [7, 11) is 0. The third-order valence-electron chi connectivity index (χ3n) is 3.45. The van der Waals surface area contributed by atoms with Crippen LogP contribution in [0.3, 0.4) is 0 Å². The number of para-hydroxylation sites is 1. The molecule has 0 unspecified atom stereocenters. The molecule has 0 saturated heterocycles. The van der Waals surface area contributed by atoms with E-state index >= 15 is 0 Å². The minimum atomic E-state index is -0.105. The molecule has 0 spiro atoms. The molecule has 2 heterocycles.